The largest absolute Gasteiger partial charge is 0.497 e. The fourth-order valence-corrected chi connectivity index (χ4v) is 2.88. The van der Waals surface area contributed by atoms with Gasteiger partial charge in [-0.15, -0.1) is 11.8 Å². The summed E-state index contributed by atoms with van der Waals surface area (Å²) in [5.41, 5.74) is 1.73. The van der Waals surface area contributed by atoms with Crippen LogP contribution in [0, 0.1) is 0 Å². The maximum absolute atomic E-state index is 12.2. The third-order valence-electron chi connectivity index (χ3n) is 4.13. The molecule has 0 aliphatic carbocycles. The van der Waals surface area contributed by atoms with Gasteiger partial charge in [-0.25, -0.2) is 4.79 Å². The standard InChI is InChI=1S/C22H25NO5S/c1-23(14-16-5-8-20(29-4)9-6-16)21(24)15-28-22(25)10-7-17-11-18(26-2)13-19(12-17)27-3/h5-13H,14-15H2,1-4H3/b10-7+. The molecule has 7 heteroatoms. The second-order valence-corrected chi connectivity index (χ2v) is 7.06. The number of methoxy groups -OCH3 is 2. The van der Waals surface area contributed by atoms with Gasteiger partial charge in [0.1, 0.15) is 11.5 Å². The zero-order valence-electron chi connectivity index (χ0n) is 17.0. The van der Waals surface area contributed by atoms with Gasteiger partial charge in [-0.1, -0.05) is 12.1 Å². The molecule has 0 spiro atoms. The van der Waals surface area contributed by atoms with Crippen molar-refractivity contribution < 1.29 is 23.8 Å². The summed E-state index contributed by atoms with van der Waals surface area (Å²) in [6.45, 7) is 0.133. The fraction of sp³-hybridized carbons (Fsp3) is 0.273. The van der Waals surface area contributed by atoms with E-state index in [9.17, 15) is 9.59 Å². The second kappa shape index (κ2) is 11.2. The first-order valence-electron chi connectivity index (χ1n) is 8.90. The lowest BCUT2D eigenvalue weighted by molar-refractivity contribution is -0.147. The van der Waals surface area contributed by atoms with Crippen LogP contribution in [0.5, 0.6) is 11.5 Å². The molecule has 0 saturated carbocycles. The molecule has 2 aromatic rings. The number of thioether (sulfide) groups is 1. The van der Waals surface area contributed by atoms with E-state index in [0.29, 0.717) is 18.0 Å². The minimum Gasteiger partial charge on any atom is -0.497 e. The molecule has 0 unspecified atom stereocenters. The van der Waals surface area contributed by atoms with Gasteiger partial charge in [0.15, 0.2) is 6.61 Å². The van der Waals surface area contributed by atoms with E-state index >= 15 is 0 Å². The Morgan fingerprint density at radius 3 is 2.21 bits per heavy atom. The predicted molar refractivity (Wildman–Crippen MR) is 114 cm³/mol. The zero-order chi connectivity index (χ0) is 21.2. The summed E-state index contributed by atoms with van der Waals surface area (Å²) in [4.78, 5) is 26.8. The number of benzene rings is 2. The maximum atomic E-state index is 12.2. The first-order chi connectivity index (χ1) is 13.9. The topological polar surface area (TPSA) is 65.1 Å². The average molecular weight is 416 g/mol. The molecule has 0 aromatic heterocycles. The van der Waals surface area contributed by atoms with Crippen LogP contribution in [-0.2, 0) is 20.9 Å². The first-order valence-corrected chi connectivity index (χ1v) is 10.1. The van der Waals surface area contributed by atoms with Gasteiger partial charge in [0.05, 0.1) is 14.2 Å². The molecule has 0 radical (unpaired) electrons. The van der Waals surface area contributed by atoms with Crippen molar-refractivity contribution in [3.05, 3.63) is 59.7 Å². The fourth-order valence-electron chi connectivity index (χ4n) is 2.47. The summed E-state index contributed by atoms with van der Waals surface area (Å²) in [5, 5.41) is 0. The molecule has 1 amide bonds. The highest BCUT2D eigenvalue weighted by Crippen LogP contribution is 2.23. The number of esters is 1. The Labute approximate surface area is 175 Å². The van der Waals surface area contributed by atoms with Crippen LogP contribution < -0.4 is 9.47 Å². The van der Waals surface area contributed by atoms with Crippen molar-refractivity contribution in [1.29, 1.82) is 0 Å². The van der Waals surface area contributed by atoms with E-state index in [4.69, 9.17) is 14.2 Å². The third kappa shape index (κ3) is 7.19. The first kappa shape index (κ1) is 22.4. The number of likely N-dealkylation sites (N-methyl/N-ethyl adjacent to an activating group) is 1. The highest BCUT2D eigenvalue weighted by atomic mass is 32.2. The molecular weight excluding hydrogens is 390 g/mol. The Balaban J connectivity index is 1.85. The molecular formula is C22H25NO5S. The molecule has 2 rings (SSSR count). The summed E-state index contributed by atoms with van der Waals surface area (Å²) in [6.07, 6.45) is 4.86. The third-order valence-corrected chi connectivity index (χ3v) is 4.87. The van der Waals surface area contributed by atoms with E-state index in [2.05, 4.69) is 0 Å². The van der Waals surface area contributed by atoms with Crippen LogP contribution >= 0.6 is 11.8 Å². The quantitative estimate of drug-likeness (QED) is 0.354. The van der Waals surface area contributed by atoms with Gasteiger partial charge in [0.25, 0.3) is 5.91 Å². The number of ether oxygens (including phenoxy) is 3. The Kier molecular flexibility index (Phi) is 8.61. The van der Waals surface area contributed by atoms with Gasteiger partial charge in [0.2, 0.25) is 0 Å². The van der Waals surface area contributed by atoms with E-state index in [1.807, 2.05) is 30.5 Å². The van der Waals surface area contributed by atoms with Gasteiger partial charge < -0.3 is 19.1 Å². The van der Waals surface area contributed by atoms with Crippen molar-refractivity contribution in [3.63, 3.8) is 0 Å². The molecule has 0 aliphatic rings. The van der Waals surface area contributed by atoms with Gasteiger partial charge in [0, 0.05) is 30.6 Å². The Hall–Kier alpha value is -2.93. The number of rotatable bonds is 9. The van der Waals surface area contributed by atoms with Crippen molar-refractivity contribution in [2.75, 3.05) is 34.1 Å². The lowest BCUT2D eigenvalue weighted by Gasteiger charge is -2.17. The van der Waals surface area contributed by atoms with Crippen molar-refractivity contribution >= 4 is 29.7 Å². The molecule has 0 fully saturated rings. The minimum absolute atomic E-state index is 0.274. The van der Waals surface area contributed by atoms with Crippen LogP contribution in [0.25, 0.3) is 6.08 Å². The average Bonchev–Trinajstić information content (AvgIpc) is 2.76. The van der Waals surface area contributed by atoms with Crippen LogP contribution in [0.15, 0.2) is 53.4 Å². The summed E-state index contributed by atoms with van der Waals surface area (Å²) in [7, 11) is 4.78. The predicted octanol–water partition coefficient (Wildman–Crippen LogP) is 3.64. The van der Waals surface area contributed by atoms with Crippen LogP contribution in [-0.4, -0.2) is 50.9 Å². The van der Waals surface area contributed by atoms with E-state index in [1.165, 1.54) is 11.0 Å². The number of amides is 1. The maximum Gasteiger partial charge on any atom is 0.331 e. The van der Waals surface area contributed by atoms with Crippen molar-refractivity contribution in [2.24, 2.45) is 0 Å². The molecule has 0 saturated heterocycles. The molecule has 0 aliphatic heterocycles. The SMILES string of the molecule is COc1cc(/C=C/C(=O)OCC(=O)N(C)Cc2ccc(SC)cc2)cc(OC)c1. The van der Waals surface area contributed by atoms with Gasteiger partial charge in [-0.05, 0) is 47.7 Å². The Morgan fingerprint density at radius 1 is 1.03 bits per heavy atom. The lowest BCUT2D eigenvalue weighted by atomic mass is 10.2. The van der Waals surface area contributed by atoms with Crippen molar-refractivity contribution in [2.45, 2.75) is 11.4 Å². The van der Waals surface area contributed by atoms with Crippen LogP contribution in [0.3, 0.4) is 0 Å². The van der Waals surface area contributed by atoms with Gasteiger partial charge in [-0.3, -0.25) is 4.79 Å². The summed E-state index contributed by atoms with van der Waals surface area (Å²) in [5.74, 6) is 0.348. The minimum atomic E-state index is -0.599. The molecule has 0 bridgehead atoms. The van der Waals surface area contributed by atoms with Crippen molar-refractivity contribution in [3.8, 4) is 11.5 Å². The van der Waals surface area contributed by atoms with Gasteiger partial charge >= 0.3 is 5.97 Å². The highest BCUT2D eigenvalue weighted by molar-refractivity contribution is 7.98. The number of hydrogen-bond acceptors (Lipinski definition) is 6. The molecule has 6 nitrogen and oxygen atoms in total. The molecule has 29 heavy (non-hydrogen) atoms. The monoisotopic (exact) mass is 415 g/mol. The molecule has 2 aromatic carbocycles. The number of nitrogens with zero attached hydrogens (tertiary/aromatic N) is 1. The normalized spacial score (nSPS) is 10.6. The van der Waals surface area contributed by atoms with E-state index in [-0.39, 0.29) is 12.5 Å². The Morgan fingerprint density at radius 2 is 1.66 bits per heavy atom. The second-order valence-electron chi connectivity index (χ2n) is 6.18. The summed E-state index contributed by atoms with van der Waals surface area (Å²) >= 11 is 1.66. The number of hydrogen-bond donors (Lipinski definition) is 0. The van der Waals surface area contributed by atoms with Crippen LogP contribution in [0.2, 0.25) is 0 Å². The molecule has 0 N–H and O–H groups in total. The van der Waals surface area contributed by atoms with E-state index in [0.717, 1.165) is 16.0 Å². The number of carbonyl (C=O) groups is 2. The molecule has 0 atom stereocenters. The molecule has 154 valence electrons. The lowest BCUT2D eigenvalue weighted by Crippen LogP contribution is -2.30. The molecule has 0 heterocycles. The van der Waals surface area contributed by atoms with E-state index < -0.39 is 5.97 Å². The van der Waals surface area contributed by atoms with Crippen molar-refractivity contribution in [1.82, 2.24) is 4.90 Å². The van der Waals surface area contributed by atoms with Crippen LogP contribution in [0.4, 0.5) is 0 Å². The summed E-state index contributed by atoms with van der Waals surface area (Å²) < 4.78 is 15.4. The summed E-state index contributed by atoms with van der Waals surface area (Å²) in [6, 6.07) is 13.2. The highest BCUT2D eigenvalue weighted by Gasteiger charge is 2.11. The smallest absolute Gasteiger partial charge is 0.331 e. The van der Waals surface area contributed by atoms with E-state index in [1.54, 1.807) is 57.3 Å². The van der Waals surface area contributed by atoms with Crippen LogP contribution in [0.1, 0.15) is 11.1 Å². The zero-order valence-corrected chi connectivity index (χ0v) is 17.8. The number of carbonyl (C=O) groups excluding carboxylic acids is 2. The van der Waals surface area contributed by atoms with Gasteiger partial charge in [-0.2, -0.15) is 0 Å². The Bertz CT molecular complexity index is 842.